The highest BCUT2D eigenvalue weighted by molar-refractivity contribution is 7.92. The van der Waals surface area contributed by atoms with Gasteiger partial charge in [-0.25, -0.2) is 16.8 Å². The average Bonchev–Trinajstić information content (AvgIpc) is 3.33. The van der Waals surface area contributed by atoms with Gasteiger partial charge in [0.15, 0.2) is 0 Å². The van der Waals surface area contributed by atoms with Crippen LogP contribution in [0.4, 0.5) is 11.4 Å². The Morgan fingerprint density at radius 2 is 1.48 bits per heavy atom. The van der Waals surface area contributed by atoms with Crippen LogP contribution in [0.3, 0.4) is 0 Å². The number of nitrogens with zero attached hydrogens (tertiary/aromatic N) is 1. The van der Waals surface area contributed by atoms with E-state index in [1.54, 1.807) is 48.5 Å². The van der Waals surface area contributed by atoms with Crippen LogP contribution in [0.1, 0.15) is 18.4 Å². The van der Waals surface area contributed by atoms with E-state index in [1.165, 1.54) is 10.6 Å². The molecule has 1 fully saturated rings. The molecule has 3 rings (SSSR count). The van der Waals surface area contributed by atoms with Crippen molar-refractivity contribution in [1.82, 2.24) is 0 Å². The molecule has 1 N–H and O–H groups in total. The van der Waals surface area contributed by atoms with E-state index < -0.39 is 20.0 Å². The molecule has 0 aliphatic heterocycles. The van der Waals surface area contributed by atoms with Gasteiger partial charge in [0.1, 0.15) is 0 Å². The highest BCUT2D eigenvalue weighted by Gasteiger charge is 2.35. The van der Waals surface area contributed by atoms with Crippen LogP contribution in [0.15, 0.2) is 53.4 Å². The summed E-state index contributed by atoms with van der Waals surface area (Å²) >= 11 is 0. The number of aryl methyl sites for hydroxylation is 1. The number of benzene rings is 2. The first-order valence-electron chi connectivity index (χ1n) is 7.86. The molecule has 0 saturated heterocycles. The van der Waals surface area contributed by atoms with Gasteiger partial charge in [0.2, 0.25) is 10.0 Å². The first-order valence-corrected chi connectivity index (χ1v) is 11.2. The molecule has 8 heteroatoms. The van der Waals surface area contributed by atoms with Gasteiger partial charge < -0.3 is 0 Å². The lowest BCUT2D eigenvalue weighted by Crippen LogP contribution is -2.31. The molecule has 1 saturated carbocycles. The largest absolute Gasteiger partial charge is 0.280 e. The van der Waals surface area contributed by atoms with Crippen molar-refractivity contribution in [2.45, 2.75) is 30.7 Å². The summed E-state index contributed by atoms with van der Waals surface area (Å²) in [4.78, 5) is 0.179. The molecule has 2 aromatic rings. The first kappa shape index (κ1) is 17.8. The summed E-state index contributed by atoms with van der Waals surface area (Å²) in [6.45, 7) is 1.88. The molecule has 0 radical (unpaired) electrons. The van der Waals surface area contributed by atoms with E-state index in [0.29, 0.717) is 11.4 Å². The van der Waals surface area contributed by atoms with Crippen LogP contribution in [0.25, 0.3) is 0 Å². The molecule has 25 heavy (non-hydrogen) atoms. The molecule has 0 atom stereocenters. The maximum absolute atomic E-state index is 12.4. The third kappa shape index (κ3) is 4.13. The van der Waals surface area contributed by atoms with Gasteiger partial charge >= 0.3 is 0 Å². The molecular weight excluding hydrogens is 360 g/mol. The second-order valence-electron chi connectivity index (χ2n) is 6.26. The van der Waals surface area contributed by atoms with E-state index in [9.17, 15) is 16.8 Å². The van der Waals surface area contributed by atoms with Crippen LogP contribution in [-0.4, -0.2) is 29.1 Å². The fourth-order valence-corrected chi connectivity index (χ4v) is 4.91. The van der Waals surface area contributed by atoms with Crippen LogP contribution in [0.5, 0.6) is 0 Å². The molecule has 134 valence electrons. The van der Waals surface area contributed by atoms with Gasteiger partial charge in [-0.05, 0) is 56.2 Å². The van der Waals surface area contributed by atoms with Crippen molar-refractivity contribution in [3.8, 4) is 0 Å². The maximum atomic E-state index is 12.4. The highest BCUT2D eigenvalue weighted by atomic mass is 32.2. The van der Waals surface area contributed by atoms with E-state index in [2.05, 4.69) is 4.72 Å². The van der Waals surface area contributed by atoms with E-state index in [1.807, 2.05) is 6.92 Å². The Morgan fingerprint density at radius 3 is 1.96 bits per heavy atom. The van der Waals surface area contributed by atoms with Crippen molar-refractivity contribution in [2.24, 2.45) is 0 Å². The molecule has 6 nitrogen and oxygen atoms in total. The third-order valence-corrected chi connectivity index (χ3v) is 6.56. The highest BCUT2D eigenvalue weighted by Crippen LogP contribution is 2.34. The molecule has 0 heterocycles. The van der Waals surface area contributed by atoms with Gasteiger partial charge in [0, 0.05) is 11.7 Å². The lowest BCUT2D eigenvalue weighted by molar-refractivity contribution is 0.595. The van der Waals surface area contributed by atoms with Crippen LogP contribution in [0.2, 0.25) is 0 Å². The summed E-state index contributed by atoms with van der Waals surface area (Å²) in [6.07, 6.45) is 2.86. The standard InChI is InChI=1S/C17H20N2O4S2/c1-13-3-11-17(12-4-13)25(22,23)18-14-5-7-15(8-6-14)19(16-9-10-16)24(2,20)21/h3-8,11-12,16,18H,9-10H2,1-2H3. The lowest BCUT2D eigenvalue weighted by Gasteiger charge is -2.22. The lowest BCUT2D eigenvalue weighted by atomic mass is 10.2. The second-order valence-corrected chi connectivity index (χ2v) is 9.80. The van der Waals surface area contributed by atoms with E-state index in [-0.39, 0.29) is 10.9 Å². The van der Waals surface area contributed by atoms with Gasteiger partial charge in [-0.3, -0.25) is 9.03 Å². The predicted molar refractivity (Wildman–Crippen MR) is 98.8 cm³/mol. The zero-order valence-corrected chi connectivity index (χ0v) is 15.6. The fourth-order valence-electron chi connectivity index (χ4n) is 2.59. The Kier molecular flexibility index (Phi) is 4.51. The molecule has 0 amide bonds. The number of sulfonamides is 2. The second kappa shape index (κ2) is 6.34. The smallest absolute Gasteiger partial charge is 0.261 e. The number of rotatable bonds is 6. The van der Waals surface area contributed by atoms with Gasteiger partial charge in [-0.15, -0.1) is 0 Å². The molecule has 0 spiro atoms. The van der Waals surface area contributed by atoms with Crippen LogP contribution in [-0.2, 0) is 20.0 Å². The van der Waals surface area contributed by atoms with E-state index in [4.69, 9.17) is 0 Å². The van der Waals surface area contributed by atoms with Crippen molar-refractivity contribution in [3.63, 3.8) is 0 Å². The molecule has 1 aliphatic carbocycles. The fraction of sp³-hybridized carbons (Fsp3) is 0.294. The van der Waals surface area contributed by atoms with Gasteiger partial charge in [-0.2, -0.15) is 0 Å². The Bertz CT molecular complexity index is 962. The normalized spacial score (nSPS) is 15.0. The van der Waals surface area contributed by atoms with Crippen molar-refractivity contribution >= 4 is 31.4 Å². The average molecular weight is 380 g/mol. The minimum absolute atomic E-state index is 0.00472. The number of hydrogen-bond acceptors (Lipinski definition) is 4. The van der Waals surface area contributed by atoms with Crippen molar-refractivity contribution in [1.29, 1.82) is 0 Å². The maximum Gasteiger partial charge on any atom is 0.261 e. The van der Waals surface area contributed by atoms with Crippen LogP contribution < -0.4 is 9.03 Å². The Balaban J connectivity index is 1.82. The summed E-state index contributed by atoms with van der Waals surface area (Å²) in [7, 11) is -7.03. The summed E-state index contributed by atoms with van der Waals surface area (Å²) < 4.78 is 52.6. The summed E-state index contributed by atoms with van der Waals surface area (Å²) in [5.41, 5.74) is 1.90. The summed E-state index contributed by atoms with van der Waals surface area (Å²) in [5.74, 6) is 0. The molecule has 0 aromatic heterocycles. The first-order chi connectivity index (χ1) is 11.7. The summed E-state index contributed by atoms with van der Waals surface area (Å²) in [5, 5.41) is 0. The minimum Gasteiger partial charge on any atom is -0.280 e. The van der Waals surface area contributed by atoms with Gasteiger partial charge in [-0.1, -0.05) is 17.7 Å². The Morgan fingerprint density at radius 1 is 0.920 bits per heavy atom. The van der Waals surface area contributed by atoms with Crippen LogP contribution >= 0.6 is 0 Å². The molecular formula is C17H20N2O4S2. The van der Waals surface area contributed by atoms with E-state index in [0.717, 1.165) is 18.4 Å². The minimum atomic E-state index is -3.68. The Labute approximate surface area is 148 Å². The predicted octanol–water partition coefficient (Wildman–Crippen LogP) is 2.72. The topological polar surface area (TPSA) is 83.6 Å². The zero-order valence-electron chi connectivity index (χ0n) is 14.0. The van der Waals surface area contributed by atoms with Crippen molar-refractivity contribution in [2.75, 3.05) is 15.3 Å². The van der Waals surface area contributed by atoms with Gasteiger partial charge in [0.05, 0.1) is 16.8 Å². The molecule has 2 aromatic carbocycles. The summed E-state index contributed by atoms with van der Waals surface area (Å²) in [6, 6.07) is 12.9. The Hall–Kier alpha value is -2.06. The third-order valence-electron chi connectivity index (χ3n) is 3.94. The molecule has 1 aliphatic rings. The van der Waals surface area contributed by atoms with Crippen molar-refractivity contribution < 1.29 is 16.8 Å². The zero-order chi connectivity index (χ0) is 18.2. The van der Waals surface area contributed by atoms with Gasteiger partial charge in [0.25, 0.3) is 10.0 Å². The monoisotopic (exact) mass is 380 g/mol. The number of nitrogens with one attached hydrogen (secondary N) is 1. The van der Waals surface area contributed by atoms with E-state index >= 15 is 0 Å². The van der Waals surface area contributed by atoms with Crippen LogP contribution in [0, 0.1) is 6.92 Å². The molecule has 0 unspecified atom stereocenters. The van der Waals surface area contributed by atoms with Crippen molar-refractivity contribution in [3.05, 3.63) is 54.1 Å². The number of hydrogen-bond donors (Lipinski definition) is 1. The number of anilines is 2. The SMILES string of the molecule is Cc1ccc(S(=O)(=O)Nc2ccc(N(C3CC3)S(C)(=O)=O)cc2)cc1. The molecule has 0 bridgehead atoms. The quantitative estimate of drug-likeness (QED) is 0.835.